The summed E-state index contributed by atoms with van der Waals surface area (Å²) >= 11 is 0.983. The third-order valence-corrected chi connectivity index (χ3v) is 7.28. The number of hydrogen-bond donors (Lipinski definition) is 2. The Labute approximate surface area is 218 Å². The Bertz CT molecular complexity index is 1440. The average molecular weight is 509 g/mol. The van der Waals surface area contributed by atoms with Crippen LogP contribution >= 0.6 is 11.8 Å². The number of amides is 2. The van der Waals surface area contributed by atoms with Crippen LogP contribution in [-0.4, -0.2) is 22.2 Å². The number of carbonyl (C=O) groups excluding carboxylic acids is 2. The molecule has 1 atom stereocenters. The Balaban J connectivity index is 1.39. The second-order valence-corrected chi connectivity index (χ2v) is 9.87. The largest absolute Gasteiger partial charge is 0.478 e. The summed E-state index contributed by atoms with van der Waals surface area (Å²) in [4.78, 5) is 37.3. The first-order chi connectivity index (χ1) is 18.0. The van der Waals surface area contributed by atoms with Crippen molar-refractivity contribution in [3.05, 3.63) is 125 Å². The molecule has 1 aliphatic heterocycles. The Morgan fingerprint density at radius 3 is 2.00 bits per heavy atom. The number of thioether (sulfide) groups is 1. The summed E-state index contributed by atoms with van der Waals surface area (Å²) in [7, 11) is 0. The lowest BCUT2D eigenvalue weighted by Crippen LogP contribution is -2.22. The van der Waals surface area contributed by atoms with Crippen LogP contribution in [0.5, 0.6) is 0 Å². The number of carboxylic acids is 1. The summed E-state index contributed by atoms with van der Waals surface area (Å²) in [5, 5.41) is 11.0. The minimum absolute atomic E-state index is 0.228. The van der Waals surface area contributed by atoms with Gasteiger partial charge in [0.25, 0.3) is 5.24 Å². The highest BCUT2D eigenvalue weighted by molar-refractivity contribution is 8.15. The predicted octanol–water partition coefficient (Wildman–Crippen LogP) is 6.28. The van der Waals surface area contributed by atoms with E-state index in [0.717, 1.165) is 45.3 Å². The van der Waals surface area contributed by atoms with Crippen molar-refractivity contribution in [3.63, 3.8) is 0 Å². The summed E-state index contributed by atoms with van der Waals surface area (Å²) in [5.41, 5.74) is 6.17. The minimum Gasteiger partial charge on any atom is -0.478 e. The summed E-state index contributed by atoms with van der Waals surface area (Å²) in [6, 6.07) is 33.1. The zero-order valence-corrected chi connectivity index (χ0v) is 20.7. The fourth-order valence-corrected chi connectivity index (χ4v) is 5.15. The van der Waals surface area contributed by atoms with Crippen molar-refractivity contribution in [1.82, 2.24) is 5.32 Å². The lowest BCUT2D eigenvalue weighted by molar-refractivity contribution is -0.119. The number of imide groups is 1. The molecule has 1 saturated heterocycles. The zero-order valence-electron chi connectivity index (χ0n) is 19.8. The van der Waals surface area contributed by atoms with Gasteiger partial charge in [-0.1, -0.05) is 84.9 Å². The average Bonchev–Trinajstić information content (AvgIpc) is 3.27. The molecule has 0 aromatic heterocycles. The van der Waals surface area contributed by atoms with Crippen LogP contribution in [0.2, 0.25) is 0 Å². The maximum Gasteiger partial charge on any atom is 0.335 e. The van der Waals surface area contributed by atoms with Gasteiger partial charge in [-0.3, -0.25) is 14.9 Å². The fourth-order valence-electron chi connectivity index (χ4n) is 4.32. The molecule has 0 radical (unpaired) electrons. The molecule has 1 heterocycles. The molecule has 0 spiro atoms. The highest BCUT2D eigenvalue weighted by Gasteiger charge is 2.32. The standard InChI is InChI=1S/C30H24N2O4S/c33-28-27(37-30(36)31-28)24-15-11-21(12-16-24)19-32(26-8-4-7-25(17-26)29(34)35)18-20-9-13-23(14-10-20)22-5-2-1-3-6-22/h1-17,27H,18-19H2,(H,34,35)(H,31,33,36). The van der Waals surface area contributed by atoms with Gasteiger partial charge in [-0.05, 0) is 57.8 Å². The molecule has 4 aromatic carbocycles. The van der Waals surface area contributed by atoms with Crippen LogP contribution in [0.15, 0.2) is 103 Å². The number of rotatable bonds is 8. The molecule has 0 bridgehead atoms. The van der Waals surface area contributed by atoms with Crippen molar-refractivity contribution in [2.45, 2.75) is 18.3 Å². The first-order valence-electron chi connectivity index (χ1n) is 11.8. The van der Waals surface area contributed by atoms with Crippen LogP contribution in [0.3, 0.4) is 0 Å². The minimum atomic E-state index is -0.972. The third kappa shape index (κ3) is 5.73. The van der Waals surface area contributed by atoms with Gasteiger partial charge >= 0.3 is 5.97 Å². The number of nitrogens with zero attached hydrogens (tertiary/aromatic N) is 1. The van der Waals surface area contributed by atoms with E-state index in [2.05, 4.69) is 46.6 Å². The highest BCUT2D eigenvalue weighted by atomic mass is 32.2. The lowest BCUT2D eigenvalue weighted by Gasteiger charge is -2.26. The van der Waals surface area contributed by atoms with Crippen molar-refractivity contribution in [1.29, 1.82) is 0 Å². The van der Waals surface area contributed by atoms with Gasteiger partial charge in [0.15, 0.2) is 0 Å². The van der Waals surface area contributed by atoms with Crippen molar-refractivity contribution in [2.75, 3.05) is 4.90 Å². The summed E-state index contributed by atoms with van der Waals surface area (Å²) < 4.78 is 0. The molecular weight excluding hydrogens is 484 g/mol. The molecule has 1 fully saturated rings. The highest BCUT2D eigenvalue weighted by Crippen LogP contribution is 2.34. The van der Waals surface area contributed by atoms with Gasteiger partial charge < -0.3 is 10.0 Å². The van der Waals surface area contributed by atoms with Crippen molar-refractivity contribution in [2.24, 2.45) is 0 Å². The SMILES string of the molecule is O=C1NC(=O)C(c2ccc(CN(Cc3ccc(-c4ccccc4)cc3)c3cccc(C(=O)O)c3)cc2)S1. The van der Waals surface area contributed by atoms with Gasteiger partial charge in [0, 0.05) is 18.8 Å². The van der Waals surface area contributed by atoms with E-state index >= 15 is 0 Å². The first kappa shape index (κ1) is 24.3. The molecule has 2 amide bonds. The van der Waals surface area contributed by atoms with Gasteiger partial charge in [0.2, 0.25) is 5.91 Å². The molecule has 5 rings (SSSR count). The van der Waals surface area contributed by atoms with E-state index in [1.54, 1.807) is 18.2 Å². The Kier molecular flexibility index (Phi) is 7.05. The number of hydrogen-bond acceptors (Lipinski definition) is 5. The number of nitrogens with one attached hydrogen (secondary N) is 1. The number of anilines is 1. The molecule has 4 aromatic rings. The number of aromatic carboxylic acids is 1. The van der Waals surface area contributed by atoms with E-state index in [0.29, 0.717) is 13.1 Å². The molecule has 7 heteroatoms. The van der Waals surface area contributed by atoms with E-state index in [4.69, 9.17) is 0 Å². The van der Waals surface area contributed by atoms with E-state index in [1.165, 1.54) is 0 Å². The molecule has 6 nitrogen and oxygen atoms in total. The Hall–Kier alpha value is -4.36. The quantitative estimate of drug-likeness (QED) is 0.291. The first-order valence-corrected chi connectivity index (χ1v) is 12.7. The van der Waals surface area contributed by atoms with Crippen LogP contribution in [0.4, 0.5) is 10.5 Å². The molecule has 184 valence electrons. The normalized spacial score (nSPS) is 14.9. The Morgan fingerprint density at radius 1 is 0.784 bits per heavy atom. The number of carbonyl (C=O) groups is 3. The Morgan fingerprint density at radius 2 is 1.41 bits per heavy atom. The van der Waals surface area contributed by atoms with Crippen molar-refractivity contribution in [3.8, 4) is 11.1 Å². The zero-order chi connectivity index (χ0) is 25.8. The third-order valence-electron chi connectivity index (χ3n) is 6.24. The van der Waals surface area contributed by atoms with Crippen LogP contribution in [0.1, 0.15) is 32.3 Å². The van der Waals surface area contributed by atoms with Crippen molar-refractivity contribution < 1.29 is 19.5 Å². The molecule has 0 aliphatic carbocycles. The molecular formula is C30H24N2O4S. The summed E-state index contributed by atoms with van der Waals surface area (Å²) in [6.45, 7) is 1.11. The van der Waals surface area contributed by atoms with Gasteiger partial charge in [0.1, 0.15) is 5.25 Å². The van der Waals surface area contributed by atoms with Gasteiger partial charge in [0.05, 0.1) is 5.56 Å². The van der Waals surface area contributed by atoms with E-state index in [9.17, 15) is 19.5 Å². The second-order valence-electron chi connectivity index (χ2n) is 8.79. The summed E-state index contributed by atoms with van der Waals surface area (Å²) in [5.74, 6) is -1.27. The van der Waals surface area contributed by atoms with Crippen molar-refractivity contribution >= 4 is 34.6 Å². The van der Waals surface area contributed by atoms with Crippen LogP contribution < -0.4 is 10.2 Å². The fraction of sp³-hybridized carbons (Fsp3) is 0.100. The maximum atomic E-state index is 12.0. The maximum absolute atomic E-state index is 12.0. The van der Waals surface area contributed by atoms with E-state index in [-0.39, 0.29) is 16.7 Å². The van der Waals surface area contributed by atoms with Gasteiger partial charge in [-0.15, -0.1) is 0 Å². The van der Waals surface area contributed by atoms with Gasteiger partial charge in [-0.2, -0.15) is 0 Å². The summed E-state index contributed by atoms with van der Waals surface area (Å²) in [6.07, 6.45) is 0. The molecule has 37 heavy (non-hydrogen) atoms. The van der Waals surface area contributed by atoms with Crippen LogP contribution in [0.25, 0.3) is 11.1 Å². The van der Waals surface area contributed by atoms with E-state index < -0.39 is 11.2 Å². The lowest BCUT2D eigenvalue weighted by atomic mass is 10.0. The molecule has 2 N–H and O–H groups in total. The van der Waals surface area contributed by atoms with Crippen LogP contribution in [0, 0.1) is 0 Å². The van der Waals surface area contributed by atoms with Crippen LogP contribution in [-0.2, 0) is 17.9 Å². The number of benzene rings is 4. The predicted molar refractivity (Wildman–Crippen MR) is 145 cm³/mol. The second kappa shape index (κ2) is 10.7. The smallest absolute Gasteiger partial charge is 0.335 e. The van der Waals surface area contributed by atoms with E-state index in [1.807, 2.05) is 48.5 Å². The number of carboxylic acid groups (broad SMARTS) is 1. The monoisotopic (exact) mass is 508 g/mol. The molecule has 1 unspecified atom stereocenters. The topological polar surface area (TPSA) is 86.7 Å². The molecule has 1 aliphatic rings. The molecule has 0 saturated carbocycles. The van der Waals surface area contributed by atoms with Gasteiger partial charge in [-0.25, -0.2) is 4.79 Å².